The van der Waals surface area contributed by atoms with Crippen LogP contribution in [0.4, 0.5) is 4.79 Å². The fourth-order valence-corrected chi connectivity index (χ4v) is 4.40. The van der Waals surface area contributed by atoms with Crippen LogP contribution in [-0.2, 0) is 9.53 Å². The van der Waals surface area contributed by atoms with E-state index >= 15 is 0 Å². The first-order valence-electron chi connectivity index (χ1n) is 9.42. The highest BCUT2D eigenvalue weighted by atomic mass is 32.1. The number of nitrogens with zero attached hydrogens (tertiary/aromatic N) is 4. The van der Waals surface area contributed by atoms with Crippen molar-refractivity contribution in [1.82, 2.24) is 19.8 Å². The lowest BCUT2D eigenvalue weighted by atomic mass is 9.93. The van der Waals surface area contributed by atoms with Gasteiger partial charge in [-0.05, 0) is 39.7 Å². The van der Waals surface area contributed by atoms with Gasteiger partial charge in [-0.25, -0.2) is 14.8 Å². The first-order valence-corrected chi connectivity index (χ1v) is 9.94. The summed E-state index contributed by atoms with van der Waals surface area (Å²) in [7, 11) is 0. The summed E-state index contributed by atoms with van der Waals surface area (Å²) in [5, 5.41) is -0.0575. The van der Waals surface area contributed by atoms with Crippen molar-refractivity contribution in [2.45, 2.75) is 62.5 Å². The van der Waals surface area contributed by atoms with E-state index in [4.69, 9.17) is 4.74 Å². The molecule has 1 aromatic heterocycles. The third kappa shape index (κ3) is 4.27. The quantitative estimate of drug-likeness (QED) is 0.629. The van der Waals surface area contributed by atoms with Crippen LogP contribution in [0.25, 0.3) is 0 Å². The maximum Gasteiger partial charge on any atom is 0.412 e. The van der Waals surface area contributed by atoms with Gasteiger partial charge in [0.05, 0.1) is 0 Å². The van der Waals surface area contributed by atoms with Crippen LogP contribution in [0.1, 0.15) is 51.8 Å². The molecule has 148 valence electrons. The van der Waals surface area contributed by atoms with E-state index in [1.165, 1.54) is 0 Å². The van der Waals surface area contributed by atoms with Gasteiger partial charge in [-0.1, -0.05) is 0 Å². The zero-order valence-electron chi connectivity index (χ0n) is 16.2. The number of carbonyl (C=O) groups is 2. The smallest absolute Gasteiger partial charge is 0.412 e. The van der Waals surface area contributed by atoms with E-state index in [9.17, 15) is 9.59 Å². The molecule has 2 atom stereocenters. The average molecular weight is 393 g/mol. The second kappa shape index (κ2) is 7.75. The van der Waals surface area contributed by atoms with Crippen LogP contribution in [0.3, 0.4) is 0 Å². The number of rotatable bonds is 3. The number of piperidine rings is 1. The fourth-order valence-electron chi connectivity index (χ4n) is 3.97. The minimum atomic E-state index is -0.989. The molecule has 0 N–H and O–H groups in total. The molecule has 0 aromatic carbocycles. The second-order valence-electron chi connectivity index (χ2n) is 8.31. The predicted octanol–water partition coefficient (Wildman–Crippen LogP) is 2.49. The Bertz CT molecular complexity index is 673. The molecule has 1 amide bonds. The second-order valence-corrected chi connectivity index (χ2v) is 9.04. The van der Waals surface area contributed by atoms with E-state index in [1.807, 2.05) is 26.8 Å². The topological polar surface area (TPSA) is 75.6 Å². The van der Waals surface area contributed by atoms with Crippen LogP contribution in [0.2, 0.25) is 0 Å². The molecule has 0 unspecified atom stereocenters. The molecule has 1 aromatic rings. The Morgan fingerprint density at radius 2 is 1.93 bits per heavy atom. The number of amides is 1. The van der Waals surface area contributed by atoms with Crippen LogP contribution in [0.15, 0.2) is 18.5 Å². The zero-order valence-corrected chi connectivity index (χ0v) is 17.1. The molecule has 7 nitrogen and oxygen atoms in total. The fraction of sp³-hybridized carbons (Fsp3) is 0.684. The first-order chi connectivity index (χ1) is 12.7. The van der Waals surface area contributed by atoms with Crippen LogP contribution < -0.4 is 0 Å². The molecule has 2 aliphatic rings. The Hall–Kier alpha value is -1.67. The van der Waals surface area contributed by atoms with Crippen LogP contribution in [-0.4, -0.2) is 68.3 Å². The molecule has 27 heavy (non-hydrogen) atoms. The van der Waals surface area contributed by atoms with Crippen molar-refractivity contribution in [3.8, 4) is 0 Å². The van der Waals surface area contributed by atoms with Gasteiger partial charge in [0, 0.05) is 49.6 Å². The molecule has 0 aliphatic carbocycles. The Morgan fingerprint density at radius 3 is 2.48 bits per heavy atom. The zero-order chi connectivity index (χ0) is 19.7. The number of hydrogen-bond acceptors (Lipinski definition) is 7. The molecule has 2 saturated heterocycles. The monoisotopic (exact) mass is 392 g/mol. The van der Waals surface area contributed by atoms with Gasteiger partial charge in [0.2, 0.25) is 0 Å². The molecule has 2 aliphatic heterocycles. The summed E-state index contributed by atoms with van der Waals surface area (Å²) in [6.45, 7) is 7.27. The Balaban J connectivity index is 1.76. The molecular weight excluding hydrogens is 364 g/mol. The van der Waals surface area contributed by atoms with Crippen molar-refractivity contribution in [3.05, 3.63) is 24.3 Å². The molecule has 0 bridgehead atoms. The first kappa shape index (κ1) is 20.1. The lowest BCUT2D eigenvalue weighted by molar-refractivity contribution is -0.130. The van der Waals surface area contributed by atoms with Crippen molar-refractivity contribution in [3.63, 3.8) is 0 Å². The van der Waals surface area contributed by atoms with E-state index < -0.39 is 17.4 Å². The van der Waals surface area contributed by atoms with E-state index in [0.717, 1.165) is 25.0 Å². The highest BCUT2D eigenvalue weighted by Crippen LogP contribution is 2.38. The number of aldehydes is 1. The number of thiol groups is 1. The van der Waals surface area contributed by atoms with Crippen molar-refractivity contribution >= 4 is 25.0 Å². The number of likely N-dealkylation sites (tertiary alicyclic amines) is 2. The summed E-state index contributed by atoms with van der Waals surface area (Å²) in [6.07, 6.45) is 6.15. The maximum absolute atomic E-state index is 12.8. The van der Waals surface area contributed by atoms with Gasteiger partial charge >= 0.3 is 6.09 Å². The van der Waals surface area contributed by atoms with Crippen LogP contribution in [0.5, 0.6) is 0 Å². The number of hydrogen-bond donors (Lipinski definition) is 1. The molecule has 3 heterocycles. The van der Waals surface area contributed by atoms with E-state index in [-0.39, 0.29) is 11.2 Å². The average Bonchev–Trinajstić information content (AvgIpc) is 2.99. The predicted molar refractivity (Wildman–Crippen MR) is 105 cm³/mol. The van der Waals surface area contributed by atoms with E-state index in [0.29, 0.717) is 26.1 Å². The van der Waals surface area contributed by atoms with Crippen LogP contribution >= 0.6 is 12.6 Å². The minimum Gasteiger partial charge on any atom is -0.444 e. The lowest BCUT2D eigenvalue weighted by Gasteiger charge is -2.45. The van der Waals surface area contributed by atoms with Gasteiger partial charge in [0.15, 0.2) is 11.9 Å². The van der Waals surface area contributed by atoms with Crippen molar-refractivity contribution in [2.24, 2.45) is 0 Å². The van der Waals surface area contributed by atoms with Crippen molar-refractivity contribution in [2.75, 3.05) is 19.6 Å². The Morgan fingerprint density at radius 1 is 1.30 bits per heavy atom. The highest BCUT2D eigenvalue weighted by Gasteiger charge is 2.53. The van der Waals surface area contributed by atoms with Gasteiger partial charge < -0.3 is 4.74 Å². The number of ether oxygens (including phenoxy) is 1. The van der Waals surface area contributed by atoms with Gasteiger partial charge in [-0.2, -0.15) is 12.6 Å². The van der Waals surface area contributed by atoms with Gasteiger partial charge in [0.25, 0.3) is 0 Å². The van der Waals surface area contributed by atoms with E-state index in [2.05, 4.69) is 27.5 Å². The summed E-state index contributed by atoms with van der Waals surface area (Å²) in [4.78, 5) is 37.4. The third-order valence-electron chi connectivity index (χ3n) is 5.19. The molecule has 8 heteroatoms. The van der Waals surface area contributed by atoms with Crippen molar-refractivity contribution in [1.29, 1.82) is 0 Å². The summed E-state index contributed by atoms with van der Waals surface area (Å²) in [5.74, 6) is 1.12. The van der Waals surface area contributed by atoms with Gasteiger partial charge in [-0.3, -0.25) is 14.6 Å². The molecule has 0 radical (unpaired) electrons. The van der Waals surface area contributed by atoms with Gasteiger partial charge in [0.1, 0.15) is 11.4 Å². The summed E-state index contributed by atoms with van der Waals surface area (Å²) in [5.41, 5.74) is -1.60. The minimum absolute atomic E-state index is 0.0575. The highest BCUT2D eigenvalue weighted by molar-refractivity contribution is 7.81. The van der Waals surface area contributed by atoms with Crippen LogP contribution in [0, 0.1) is 0 Å². The van der Waals surface area contributed by atoms with Gasteiger partial charge in [-0.15, -0.1) is 0 Å². The molecular formula is C19H28N4O3S. The summed E-state index contributed by atoms with van der Waals surface area (Å²) >= 11 is 4.56. The van der Waals surface area contributed by atoms with E-state index in [1.54, 1.807) is 17.3 Å². The summed E-state index contributed by atoms with van der Waals surface area (Å²) in [6, 6.07) is 1.81. The largest absolute Gasteiger partial charge is 0.444 e. The SMILES string of the molecule is CC(C)(C)OC(=O)N1C[C@@H](S)C[C@]1(C=O)N1CCC(c2ncccn2)CC1. The summed E-state index contributed by atoms with van der Waals surface area (Å²) < 4.78 is 5.56. The lowest BCUT2D eigenvalue weighted by Crippen LogP contribution is -2.62. The Labute approximate surface area is 165 Å². The number of carbonyl (C=O) groups excluding carboxylic acids is 2. The molecule has 0 saturated carbocycles. The van der Waals surface area contributed by atoms with Crippen molar-refractivity contribution < 1.29 is 14.3 Å². The normalized spacial score (nSPS) is 27.6. The Kier molecular flexibility index (Phi) is 5.76. The molecule has 3 rings (SSSR count). The molecule has 0 spiro atoms. The maximum atomic E-state index is 12.8. The number of aromatic nitrogens is 2. The molecule has 2 fully saturated rings. The standard InChI is InChI=1S/C19H28N4O3S/c1-18(2,3)26-17(25)23-12-15(27)11-19(23,13-24)22-9-5-14(6-10-22)16-20-7-4-8-21-16/h4,7-8,13-15,27H,5-6,9-12H2,1-3H3/t15-,19-/m0/s1. The third-order valence-corrected chi connectivity index (χ3v) is 5.54.